The van der Waals surface area contributed by atoms with Crippen LogP contribution in [0.2, 0.25) is 0 Å². The Morgan fingerprint density at radius 3 is 2.70 bits per heavy atom. The summed E-state index contributed by atoms with van der Waals surface area (Å²) in [5, 5.41) is 18.8. The molecule has 0 atom stereocenters. The molecular weight excluding hydrogens is 420 g/mol. The number of aromatic nitrogens is 2. The van der Waals surface area contributed by atoms with Crippen LogP contribution in [0.5, 0.6) is 5.75 Å². The minimum Gasteiger partial charge on any atom is -0.757 e. The van der Waals surface area contributed by atoms with Crippen LogP contribution in [0.1, 0.15) is 54.4 Å². The summed E-state index contributed by atoms with van der Waals surface area (Å²) >= 11 is 0. The second-order valence-electron chi connectivity index (χ2n) is 8.41. The number of hydrogen-bond donors (Lipinski definition) is 0. The van der Waals surface area contributed by atoms with E-state index in [0.717, 1.165) is 53.4 Å². The van der Waals surface area contributed by atoms with E-state index in [1.54, 1.807) is 4.68 Å². The molecule has 3 heterocycles. The third kappa shape index (κ3) is 4.98. The number of ether oxygens (including phenoxy) is 2. The van der Waals surface area contributed by atoms with Crippen molar-refractivity contribution in [2.45, 2.75) is 40.2 Å². The van der Waals surface area contributed by atoms with E-state index >= 15 is 0 Å². The Morgan fingerprint density at radius 2 is 2.00 bits per heavy atom. The first-order valence-electron chi connectivity index (χ1n) is 11.9. The number of rotatable bonds is 9. The number of benzene rings is 1. The zero-order valence-corrected chi connectivity index (χ0v) is 19.8. The summed E-state index contributed by atoms with van der Waals surface area (Å²) in [6.45, 7) is 10.5. The molecule has 0 saturated carbocycles. The van der Waals surface area contributed by atoms with Gasteiger partial charge in [0.1, 0.15) is 11.6 Å². The number of hydrogen-bond acceptors (Lipinski definition) is 7. The van der Waals surface area contributed by atoms with Gasteiger partial charge in [-0.2, -0.15) is 5.10 Å². The summed E-state index contributed by atoms with van der Waals surface area (Å²) in [4.78, 5) is 15.1. The molecule has 2 aliphatic heterocycles. The van der Waals surface area contributed by atoms with Gasteiger partial charge < -0.3 is 19.7 Å². The van der Waals surface area contributed by atoms with Gasteiger partial charge in [-0.3, -0.25) is 9.69 Å². The topological polar surface area (TPSA) is 82.9 Å². The van der Waals surface area contributed by atoms with E-state index in [1.807, 2.05) is 32.0 Å². The first kappa shape index (κ1) is 23.5. The second-order valence-corrected chi connectivity index (χ2v) is 8.41. The Labute approximate surface area is 195 Å². The molecule has 1 aromatic heterocycles. The first-order chi connectivity index (χ1) is 16.0. The van der Waals surface area contributed by atoms with Crippen molar-refractivity contribution in [2.24, 2.45) is 0 Å². The smallest absolute Gasteiger partial charge is 0.176 e. The standard InChI is InChI=1S/C25H33N4O4/c1-4-7-22-21-15-19(16-29(31)25(21)28(5-2)26-22)20-14-18(8-9-24(20)33-6-3)23(30)17-27-10-12-32-13-11-27/h8-9,14-15H,4-7,10-13,16-17H2,1-3H3/q-1. The Morgan fingerprint density at radius 1 is 1.21 bits per heavy atom. The molecule has 2 aromatic rings. The van der Waals surface area contributed by atoms with E-state index in [4.69, 9.17) is 9.47 Å². The highest BCUT2D eigenvalue weighted by Crippen LogP contribution is 2.38. The number of fused-ring (bicyclic) bond motifs is 1. The summed E-state index contributed by atoms with van der Waals surface area (Å²) in [5.74, 6) is 1.36. The number of morpholine rings is 1. The Balaban J connectivity index is 1.71. The third-order valence-corrected chi connectivity index (χ3v) is 6.11. The lowest BCUT2D eigenvalue weighted by Gasteiger charge is -2.36. The highest BCUT2D eigenvalue weighted by Gasteiger charge is 2.24. The number of aryl methyl sites for hydroxylation is 2. The predicted octanol–water partition coefficient (Wildman–Crippen LogP) is 3.63. The molecule has 0 radical (unpaired) electrons. The van der Waals surface area contributed by atoms with Gasteiger partial charge in [-0.15, -0.1) is 0 Å². The highest BCUT2D eigenvalue weighted by atomic mass is 16.5. The molecule has 8 heteroatoms. The molecule has 0 unspecified atom stereocenters. The van der Waals surface area contributed by atoms with E-state index in [-0.39, 0.29) is 12.3 Å². The molecule has 1 saturated heterocycles. The molecule has 0 N–H and O–H groups in total. The number of ketones is 1. The van der Waals surface area contributed by atoms with Crippen molar-refractivity contribution in [3.63, 3.8) is 0 Å². The Hall–Kier alpha value is -2.68. The molecule has 1 fully saturated rings. The van der Waals surface area contributed by atoms with Gasteiger partial charge in [0.25, 0.3) is 0 Å². The lowest BCUT2D eigenvalue weighted by atomic mass is 9.95. The third-order valence-electron chi connectivity index (χ3n) is 6.11. The zero-order chi connectivity index (χ0) is 23.4. The molecular formula is C25H33N4O4-. The van der Waals surface area contributed by atoms with Gasteiger partial charge in [0.05, 0.1) is 32.1 Å². The Bertz CT molecular complexity index is 1020. The van der Waals surface area contributed by atoms with Crippen molar-refractivity contribution in [3.8, 4) is 5.75 Å². The predicted molar refractivity (Wildman–Crippen MR) is 130 cm³/mol. The van der Waals surface area contributed by atoms with Gasteiger partial charge in [0.2, 0.25) is 0 Å². The van der Waals surface area contributed by atoms with Gasteiger partial charge in [-0.1, -0.05) is 13.3 Å². The van der Waals surface area contributed by atoms with Crippen molar-refractivity contribution in [1.29, 1.82) is 0 Å². The SMILES string of the molecule is CCCc1nn(CC)c2c1C=C(c1cc(C(=O)CN3CCOCC3)ccc1OCC)CN2[O-]. The van der Waals surface area contributed by atoms with Crippen LogP contribution in [-0.2, 0) is 17.7 Å². The molecule has 1 aromatic carbocycles. The number of hydroxylamine groups is 1. The van der Waals surface area contributed by atoms with Gasteiger partial charge in [0.15, 0.2) is 5.78 Å². The van der Waals surface area contributed by atoms with Crippen LogP contribution < -0.4 is 9.80 Å². The van der Waals surface area contributed by atoms with Gasteiger partial charge in [-0.05, 0) is 50.1 Å². The van der Waals surface area contributed by atoms with Crippen molar-refractivity contribution >= 4 is 23.3 Å². The fourth-order valence-corrected chi connectivity index (χ4v) is 4.47. The normalized spacial score (nSPS) is 16.5. The van der Waals surface area contributed by atoms with Crippen molar-refractivity contribution < 1.29 is 14.3 Å². The van der Waals surface area contributed by atoms with Crippen LogP contribution in [0.25, 0.3) is 11.6 Å². The molecule has 178 valence electrons. The van der Waals surface area contributed by atoms with E-state index in [2.05, 4.69) is 23.0 Å². The average molecular weight is 454 g/mol. The van der Waals surface area contributed by atoms with Crippen LogP contribution in [-0.4, -0.2) is 66.5 Å². The van der Waals surface area contributed by atoms with Crippen LogP contribution >= 0.6 is 0 Å². The number of nitrogens with zero attached hydrogens (tertiary/aromatic N) is 4. The summed E-state index contributed by atoms with van der Waals surface area (Å²) in [5.41, 5.74) is 4.08. The lowest BCUT2D eigenvalue weighted by molar-refractivity contribution is 0.0371. The van der Waals surface area contributed by atoms with Crippen LogP contribution in [0.3, 0.4) is 0 Å². The van der Waals surface area contributed by atoms with Crippen molar-refractivity contribution in [3.05, 3.63) is 45.8 Å². The molecule has 0 spiro atoms. The zero-order valence-electron chi connectivity index (χ0n) is 19.8. The summed E-state index contributed by atoms with van der Waals surface area (Å²) in [6, 6.07) is 5.54. The van der Waals surface area contributed by atoms with Crippen LogP contribution in [0, 0.1) is 5.21 Å². The average Bonchev–Trinajstić information content (AvgIpc) is 3.18. The quantitative estimate of drug-likeness (QED) is 0.536. The summed E-state index contributed by atoms with van der Waals surface area (Å²) in [7, 11) is 0. The molecule has 2 aliphatic rings. The number of carbonyl (C=O) groups is 1. The fraction of sp³-hybridized carbons (Fsp3) is 0.520. The summed E-state index contributed by atoms with van der Waals surface area (Å²) in [6.07, 6.45) is 3.82. The van der Waals surface area contributed by atoms with E-state index in [0.29, 0.717) is 50.0 Å². The number of anilines is 1. The summed E-state index contributed by atoms with van der Waals surface area (Å²) < 4.78 is 13.1. The van der Waals surface area contributed by atoms with Crippen LogP contribution in [0.4, 0.5) is 5.82 Å². The minimum absolute atomic E-state index is 0.0581. The number of Topliss-reactive ketones (excluding diaryl/α,β-unsaturated/α-hetero) is 1. The van der Waals surface area contributed by atoms with Gasteiger partial charge >= 0.3 is 0 Å². The molecule has 0 bridgehead atoms. The number of carbonyl (C=O) groups excluding carboxylic acids is 1. The van der Waals surface area contributed by atoms with Crippen molar-refractivity contribution in [1.82, 2.24) is 14.7 Å². The van der Waals surface area contributed by atoms with E-state index in [1.165, 1.54) is 0 Å². The maximum absolute atomic E-state index is 13.1. The fourth-order valence-electron chi connectivity index (χ4n) is 4.47. The van der Waals surface area contributed by atoms with E-state index < -0.39 is 0 Å². The maximum atomic E-state index is 13.1. The van der Waals surface area contributed by atoms with E-state index in [9.17, 15) is 10.0 Å². The monoisotopic (exact) mass is 453 g/mol. The second kappa shape index (κ2) is 10.5. The molecule has 33 heavy (non-hydrogen) atoms. The van der Waals surface area contributed by atoms with Crippen LogP contribution in [0.15, 0.2) is 18.2 Å². The first-order valence-corrected chi connectivity index (χ1v) is 11.9. The Kier molecular flexibility index (Phi) is 7.47. The molecule has 8 nitrogen and oxygen atoms in total. The minimum atomic E-state index is 0.0581. The maximum Gasteiger partial charge on any atom is 0.176 e. The van der Waals surface area contributed by atoms with Crippen molar-refractivity contribution in [2.75, 3.05) is 51.1 Å². The van der Waals surface area contributed by atoms with Gasteiger partial charge in [0, 0.05) is 42.9 Å². The molecule has 0 aliphatic carbocycles. The largest absolute Gasteiger partial charge is 0.757 e. The molecule has 4 rings (SSSR count). The highest BCUT2D eigenvalue weighted by molar-refractivity contribution is 6.00. The van der Waals surface area contributed by atoms with Gasteiger partial charge in [-0.25, -0.2) is 4.68 Å². The molecule has 0 amide bonds. The lowest BCUT2D eigenvalue weighted by Crippen LogP contribution is -2.39.